The van der Waals surface area contributed by atoms with Crippen molar-refractivity contribution >= 4 is 47.4 Å². The molecular formula is C18H28ClFIN5O2. The van der Waals surface area contributed by atoms with Crippen LogP contribution in [0.2, 0.25) is 5.02 Å². The van der Waals surface area contributed by atoms with Gasteiger partial charge in [0.1, 0.15) is 5.82 Å². The monoisotopic (exact) mass is 527 g/mol. The number of rotatable bonds is 7. The van der Waals surface area contributed by atoms with Crippen LogP contribution in [0, 0.1) is 5.82 Å². The Morgan fingerprint density at radius 2 is 2.00 bits per heavy atom. The average Bonchev–Trinajstić information content (AvgIpc) is 2.66. The molecule has 28 heavy (non-hydrogen) atoms. The normalized spacial score (nSPS) is 15.1. The Kier molecular flexibility index (Phi) is 11.7. The highest BCUT2D eigenvalue weighted by molar-refractivity contribution is 14.0. The standard InChI is InChI=1S/C18H27ClFN5O2.HI/c1-21-18(23-12-17(26)22-6-11-27-2)25-9-7-24(8-10-25)13-14-15(19)4-3-5-16(14)20;/h3-5H,6-13H2,1-2H3,(H,21,23)(H,22,26);1H. The first-order chi connectivity index (χ1) is 13.0. The van der Waals surface area contributed by atoms with Gasteiger partial charge in [-0.3, -0.25) is 14.7 Å². The second-order valence-electron chi connectivity index (χ2n) is 6.21. The number of methoxy groups -OCH3 is 1. The molecule has 0 aromatic heterocycles. The van der Waals surface area contributed by atoms with Crippen LogP contribution in [0.3, 0.4) is 0 Å². The van der Waals surface area contributed by atoms with Gasteiger partial charge in [0.05, 0.1) is 13.2 Å². The molecule has 158 valence electrons. The van der Waals surface area contributed by atoms with Crippen molar-refractivity contribution in [3.8, 4) is 0 Å². The van der Waals surface area contributed by atoms with Crippen LogP contribution in [-0.4, -0.2) is 81.7 Å². The molecule has 1 fully saturated rings. The van der Waals surface area contributed by atoms with Gasteiger partial charge in [0, 0.05) is 64.0 Å². The van der Waals surface area contributed by atoms with E-state index in [4.69, 9.17) is 16.3 Å². The van der Waals surface area contributed by atoms with Gasteiger partial charge >= 0.3 is 0 Å². The predicted molar refractivity (Wildman–Crippen MR) is 120 cm³/mol. The van der Waals surface area contributed by atoms with Gasteiger partial charge in [-0.05, 0) is 12.1 Å². The Morgan fingerprint density at radius 3 is 2.61 bits per heavy atom. The van der Waals surface area contributed by atoms with E-state index in [1.165, 1.54) is 6.07 Å². The van der Waals surface area contributed by atoms with Crippen LogP contribution in [-0.2, 0) is 16.1 Å². The van der Waals surface area contributed by atoms with Crippen LogP contribution >= 0.6 is 35.6 Å². The summed E-state index contributed by atoms with van der Waals surface area (Å²) in [5, 5.41) is 6.28. The van der Waals surface area contributed by atoms with E-state index >= 15 is 0 Å². The number of benzene rings is 1. The quantitative estimate of drug-likeness (QED) is 0.244. The van der Waals surface area contributed by atoms with Gasteiger partial charge in [0.15, 0.2) is 5.96 Å². The molecule has 7 nitrogen and oxygen atoms in total. The zero-order chi connectivity index (χ0) is 19.6. The largest absolute Gasteiger partial charge is 0.383 e. The highest BCUT2D eigenvalue weighted by Crippen LogP contribution is 2.21. The van der Waals surface area contributed by atoms with Gasteiger partial charge in [0.25, 0.3) is 0 Å². The number of halogens is 3. The molecular weight excluding hydrogens is 500 g/mol. The van der Waals surface area contributed by atoms with E-state index in [9.17, 15) is 9.18 Å². The minimum absolute atomic E-state index is 0. The molecule has 1 aromatic rings. The number of aliphatic imine (C=N–C) groups is 1. The Morgan fingerprint density at radius 1 is 1.29 bits per heavy atom. The summed E-state index contributed by atoms with van der Waals surface area (Å²) in [6.07, 6.45) is 0. The maximum atomic E-state index is 14.0. The molecule has 1 aliphatic heterocycles. The average molecular weight is 528 g/mol. The molecule has 0 radical (unpaired) electrons. The minimum Gasteiger partial charge on any atom is -0.383 e. The van der Waals surface area contributed by atoms with Crippen LogP contribution in [0.1, 0.15) is 5.56 Å². The highest BCUT2D eigenvalue weighted by atomic mass is 127. The van der Waals surface area contributed by atoms with E-state index in [2.05, 4.69) is 25.4 Å². The molecule has 0 saturated carbocycles. The number of carbonyl (C=O) groups is 1. The number of amides is 1. The Bertz CT molecular complexity index is 637. The van der Waals surface area contributed by atoms with Crippen molar-refractivity contribution < 1.29 is 13.9 Å². The molecule has 2 rings (SSSR count). The first-order valence-electron chi connectivity index (χ1n) is 8.91. The first kappa shape index (κ1) is 24.9. The fourth-order valence-corrected chi connectivity index (χ4v) is 3.09. The maximum Gasteiger partial charge on any atom is 0.239 e. The summed E-state index contributed by atoms with van der Waals surface area (Å²) in [5.41, 5.74) is 0.530. The molecule has 0 unspecified atom stereocenters. The lowest BCUT2D eigenvalue weighted by Gasteiger charge is -2.36. The van der Waals surface area contributed by atoms with E-state index < -0.39 is 0 Å². The number of hydrogen-bond donors (Lipinski definition) is 2. The van der Waals surface area contributed by atoms with Gasteiger partial charge in [0.2, 0.25) is 5.91 Å². The van der Waals surface area contributed by atoms with E-state index in [0.717, 1.165) is 26.2 Å². The third-order valence-electron chi connectivity index (χ3n) is 4.36. The van der Waals surface area contributed by atoms with Crippen molar-refractivity contribution in [2.45, 2.75) is 6.54 Å². The predicted octanol–water partition coefficient (Wildman–Crippen LogP) is 1.55. The smallest absolute Gasteiger partial charge is 0.239 e. The zero-order valence-corrected chi connectivity index (χ0v) is 19.3. The molecule has 1 heterocycles. The number of guanidine groups is 1. The third kappa shape index (κ3) is 7.69. The van der Waals surface area contributed by atoms with Gasteiger partial charge in [-0.2, -0.15) is 0 Å². The molecule has 1 amide bonds. The molecule has 1 saturated heterocycles. The summed E-state index contributed by atoms with van der Waals surface area (Å²) in [6, 6.07) is 4.75. The Labute approximate surface area is 187 Å². The number of piperazine rings is 1. The molecule has 1 aromatic carbocycles. The lowest BCUT2D eigenvalue weighted by Crippen LogP contribution is -2.53. The fraction of sp³-hybridized carbons (Fsp3) is 0.556. The summed E-state index contributed by atoms with van der Waals surface area (Å²) >= 11 is 6.11. The van der Waals surface area contributed by atoms with E-state index in [-0.39, 0.29) is 42.2 Å². The summed E-state index contributed by atoms with van der Waals surface area (Å²) in [6.45, 7) is 4.57. The van der Waals surface area contributed by atoms with Crippen LogP contribution in [0.15, 0.2) is 23.2 Å². The fourth-order valence-electron chi connectivity index (χ4n) is 2.87. The number of nitrogens with zero attached hydrogens (tertiary/aromatic N) is 3. The molecule has 2 N–H and O–H groups in total. The highest BCUT2D eigenvalue weighted by Gasteiger charge is 2.21. The summed E-state index contributed by atoms with van der Waals surface area (Å²) < 4.78 is 18.9. The number of nitrogens with one attached hydrogen (secondary N) is 2. The number of hydrogen-bond acceptors (Lipinski definition) is 4. The van der Waals surface area contributed by atoms with Crippen molar-refractivity contribution in [1.29, 1.82) is 0 Å². The van der Waals surface area contributed by atoms with Gasteiger partial charge in [-0.15, -0.1) is 24.0 Å². The Hall–Kier alpha value is -1.17. The van der Waals surface area contributed by atoms with E-state index in [1.807, 2.05) is 0 Å². The van der Waals surface area contributed by atoms with Crippen LogP contribution in [0.4, 0.5) is 4.39 Å². The molecule has 0 spiro atoms. The molecule has 0 bridgehead atoms. The van der Waals surface area contributed by atoms with E-state index in [1.54, 1.807) is 26.3 Å². The SMILES string of the molecule is CN=C(NCC(=O)NCCOC)N1CCN(Cc2c(F)cccc2Cl)CC1.I. The van der Waals surface area contributed by atoms with Crippen molar-refractivity contribution in [3.63, 3.8) is 0 Å². The topological polar surface area (TPSA) is 69.2 Å². The second kappa shape index (κ2) is 13.1. The second-order valence-corrected chi connectivity index (χ2v) is 6.61. The Balaban J connectivity index is 0.00000392. The van der Waals surface area contributed by atoms with Crippen LogP contribution < -0.4 is 10.6 Å². The summed E-state index contributed by atoms with van der Waals surface area (Å²) in [5.74, 6) is 0.295. The summed E-state index contributed by atoms with van der Waals surface area (Å²) in [7, 11) is 3.28. The van der Waals surface area contributed by atoms with Crippen LogP contribution in [0.25, 0.3) is 0 Å². The van der Waals surface area contributed by atoms with E-state index in [0.29, 0.717) is 36.2 Å². The lowest BCUT2D eigenvalue weighted by molar-refractivity contribution is -0.120. The summed E-state index contributed by atoms with van der Waals surface area (Å²) in [4.78, 5) is 20.3. The molecule has 10 heteroatoms. The molecule has 0 atom stereocenters. The third-order valence-corrected chi connectivity index (χ3v) is 4.72. The van der Waals surface area contributed by atoms with Crippen molar-refractivity contribution in [3.05, 3.63) is 34.6 Å². The molecule has 1 aliphatic rings. The maximum absolute atomic E-state index is 14.0. The van der Waals surface area contributed by atoms with Crippen molar-refractivity contribution in [2.75, 3.05) is 60.0 Å². The minimum atomic E-state index is -0.276. The molecule has 0 aliphatic carbocycles. The van der Waals surface area contributed by atoms with Gasteiger partial charge in [-0.1, -0.05) is 17.7 Å². The number of carbonyl (C=O) groups excluding carboxylic acids is 1. The lowest BCUT2D eigenvalue weighted by atomic mass is 10.2. The first-order valence-corrected chi connectivity index (χ1v) is 9.29. The zero-order valence-electron chi connectivity index (χ0n) is 16.2. The van der Waals surface area contributed by atoms with Crippen molar-refractivity contribution in [1.82, 2.24) is 20.4 Å². The van der Waals surface area contributed by atoms with Crippen molar-refractivity contribution in [2.24, 2.45) is 4.99 Å². The van der Waals surface area contributed by atoms with Crippen LogP contribution in [0.5, 0.6) is 0 Å². The number of ether oxygens (including phenoxy) is 1. The van der Waals surface area contributed by atoms with Gasteiger partial charge < -0.3 is 20.3 Å². The van der Waals surface area contributed by atoms with Gasteiger partial charge in [-0.25, -0.2) is 4.39 Å².